The topological polar surface area (TPSA) is 81.7 Å². The maximum absolute atomic E-state index is 13.4. The van der Waals surface area contributed by atoms with E-state index in [1.165, 1.54) is 0 Å². The van der Waals surface area contributed by atoms with Crippen molar-refractivity contribution in [1.82, 2.24) is 15.5 Å². The van der Waals surface area contributed by atoms with Crippen LogP contribution in [-0.2, 0) is 11.2 Å². The first-order valence-corrected chi connectivity index (χ1v) is 11.3. The Morgan fingerprint density at radius 3 is 2.87 bits per heavy atom. The third kappa shape index (κ3) is 3.59. The molecule has 0 saturated carbocycles. The van der Waals surface area contributed by atoms with Crippen LogP contribution in [-0.4, -0.2) is 41.0 Å². The Bertz CT molecular complexity index is 1010. The molecule has 2 fully saturated rings. The first-order valence-electron chi connectivity index (χ1n) is 11.3. The van der Waals surface area contributed by atoms with Crippen molar-refractivity contribution < 1.29 is 14.7 Å². The summed E-state index contributed by atoms with van der Waals surface area (Å²) in [6.45, 7) is 3.53. The average Bonchev–Trinajstić information content (AvgIpc) is 2.79. The summed E-state index contributed by atoms with van der Waals surface area (Å²) in [6, 6.07) is 13.0. The van der Waals surface area contributed by atoms with Gasteiger partial charge in [0, 0.05) is 18.2 Å². The molecule has 0 radical (unpaired) electrons. The second-order valence-corrected chi connectivity index (χ2v) is 9.01. The molecule has 0 aromatic heterocycles. The minimum absolute atomic E-state index is 0.0408. The molecule has 3 N–H and O–H groups in total. The third-order valence-corrected chi connectivity index (χ3v) is 7.14. The number of nitrogens with one attached hydrogen (secondary N) is 2. The first kappa shape index (κ1) is 20.1. The van der Waals surface area contributed by atoms with Crippen molar-refractivity contribution in [2.24, 2.45) is 5.92 Å². The Labute approximate surface area is 182 Å². The summed E-state index contributed by atoms with van der Waals surface area (Å²) < 4.78 is 0. The Morgan fingerprint density at radius 1 is 1.26 bits per heavy atom. The highest BCUT2D eigenvalue weighted by molar-refractivity contribution is 5.97. The summed E-state index contributed by atoms with van der Waals surface area (Å²) in [5.74, 6) is 0.132. The van der Waals surface area contributed by atoms with E-state index in [2.05, 4.69) is 10.6 Å². The van der Waals surface area contributed by atoms with Gasteiger partial charge >= 0.3 is 0 Å². The fourth-order valence-corrected chi connectivity index (χ4v) is 5.60. The van der Waals surface area contributed by atoms with Gasteiger partial charge in [-0.25, -0.2) is 0 Å². The van der Waals surface area contributed by atoms with E-state index in [-0.39, 0.29) is 41.6 Å². The Hall–Kier alpha value is -2.86. The van der Waals surface area contributed by atoms with Gasteiger partial charge in [0.2, 0.25) is 5.91 Å². The highest BCUT2D eigenvalue weighted by Crippen LogP contribution is 2.43. The molecule has 3 heterocycles. The second kappa shape index (κ2) is 8.00. The van der Waals surface area contributed by atoms with Gasteiger partial charge in [-0.15, -0.1) is 0 Å². The lowest BCUT2D eigenvalue weighted by atomic mass is 9.75. The Morgan fingerprint density at radius 2 is 2.06 bits per heavy atom. The number of carbonyl (C=O) groups excluding carboxylic acids is 2. The summed E-state index contributed by atoms with van der Waals surface area (Å²) in [5, 5.41) is 16.9. The number of hydrogen-bond donors (Lipinski definition) is 3. The zero-order valence-electron chi connectivity index (χ0n) is 17.8. The van der Waals surface area contributed by atoms with Crippen LogP contribution >= 0.6 is 0 Å². The molecule has 2 amide bonds. The summed E-state index contributed by atoms with van der Waals surface area (Å²) >= 11 is 0. The van der Waals surface area contributed by atoms with Crippen LogP contribution in [0.4, 0.5) is 0 Å². The largest absolute Gasteiger partial charge is 0.508 e. The molecule has 6 nitrogen and oxygen atoms in total. The monoisotopic (exact) mass is 419 g/mol. The van der Waals surface area contributed by atoms with Crippen molar-refractivity contribution in [1.29, 1.82) is 0 Å². The maximum Gasteiger partial charge on any atom is 0.252 e. The average molecular weight is 420 g/mol. The van der Waals surface area contributed by atoms with Crippen LogP contribution in [0.5, 0.6) is 5.75 Å². The van der Waals surface area contributed by atoms with E-state index < -0.39 is 0 Å². The number of phenols is 1. The van der Waals surface area contributed by atoms with E-state index in [0.29, 0.717) is 18.5 Å². The molecule has 162 valence electrons. The lowest BCUT2D eigenvalue weighted by Crippen LogP contribution is -2.58. The number of amides is 2. The SMILES string of the molecule is C[C@@H](NC(=O)c1cc(O)cc2c1[C@@H]1C[C@@H]3NCCC[C@@H]3C(=O)N1CC2)c1ccccc1. The van der Waals surface area contributed by atoms with Crippen molar-refractivity contribution >= 4 is 11.8 Å². The van der Waals surface area contributed by atoms with Crippen LogP contribution in [0.25, 0.3) is 0 Å². The number of piperidine rings is 2. The lowest BCUT2D eigenvalue weighted by molar-refractivity contribution is -0.145. The third-order valence-electron chi connectivity index (χ3n) is 7.14. The van der Waals surface area contributed by atoms with Gasteiger partial charge in [-0.2, -0.15) is 0 Å². The molecule has 5 rings (SSSR count). The number of benzene rings is 2. The van der Waals surface area contributed by atoms with Gasteiger partial charge in [0.05, 0.1) is 18.0 Å². The quantitative estimate of drug-likeness (QED) is 0.714. The van der Waals surface area contributed by atoms with Crippen LogP contribution in [0.3, 0.4) is 0 Å². The molecule has 3 aliphatic rings. The van der Waals surface area contributed by atoms with Crippen molar-refractivity contribution in [3.63, 3.8) is 0 Å². The fraction of sp³-hybridized carbons (Fsp3) is 0.440. The number of phenolic OH excluding ortho intramolecular Hbond substituents is 1. The van der Waals surface area contributed by atoms with Gasteiger partial charge in [-0.1, -0.05) is 30.3 Å². The standard InChI is InChI=1S/C25H29N3O3/c1-15(16-6-3-2-4-7-16)27-24(30)20-13-18(29)12-17-9-11-28-22(23(17)20)14-21-19(25(28)31)8-5-10-26-21/h2-4,6-7,12-13,15,19,21-22,26,29H,5,8-11,14H2,1H3,(H,27,30)/t15-,19+,21+,22+/m1/s1. The predicted molar refractivity (Wildman–Crippen MR) is 118 cm³/mol. The van der Waals surface area contributed by atoms with Crippen molar-refractivity contribution in [3.8, 4) is 5.75 Å². The molecule has 0 spiro atoms. The van der Waals surface area contributed by atoms with Crippen LogP contribution < -0.4 is 10.6 Å². The number of hydrogen-bond acceptors (Lipinski definition) is 4. The van der Waals surface area contributed by atoms with Gasteiger partial charge in [0.25, 0.3) is 5.91 Å². The zero-order chi connectivity index (χ0) is 21.5. The van der Waals surface area contributed by atoms with Gasteiger partial charge in [-0.3, -0.25) is 9.59 Å². The molecule has 31 heavy (non-hydrogen) atoms. The normalized spacial score (nSPS) is 25.8. The first-order chi connectivity index (χ1) is 15.0. The van der Waals surface area contributed by atoms with E-state index >= 15 is 0 Å². The molecule has 2 aromatic rings. The second-order valence-electron chi connectivity index (χ2n) is 9.01. The fourth-order valence-electron chi connectivity index (χ4n) is 5.60. The number of rotatable bonds is 3. The number of nitrogens with zero attached hydrogens (tertiary/aromatic N) is 1. The maximum atomic E-state index is 13.4. The van der Waals surface area contributed by atoms with Gasteiger partial charge < -0.3 is 20.6 Å². The van der Waals surface area contributed by atoms with Crippen LogP contribution in [0.1, 0.15) is 65.3 Å². The summed E-state index contributed by atoms with van der Waals surface area (Å²) in [7, 11) is 0. The molecule has 6 heteroatoms. The smallest absolute Gasteiger partial charge is 0.252 e. The highest BCUT2D eigenvalue weighted by Gasteiger charge is 2.46. The van der Waals surface area contributed by atoms with E-state index in [4.69, 9.17) is 0 Å². The molecule has 0 aliphatic carbocycles. The summed E-state index contributed by atoms with van der Waals surface area (Å²) in [5.41, 5.74) is 3.38. The summed E-state index contributed by atoms with van der Waals surface area (Å²) in [4.78, 5) is 28.6. The van der Waals surface area contributed by atoms with E-state index in [1.807, 2.05) is 42.2 Å². The molecule has 3 aliphatic heterocycles. The van der Waals surface area contributed by atoms with Gasteiger partial charge in [0.1, 0.15) is 5.75 Å². The molecule has 4 atom stereocenters. The zero-order valence-corrected chi connectivity index (χ0v) is 17.8. The van der Waals surface area contributed by atoms with Crippen LogP contribution in [0.2, 0.25) is 0 Å². The molecule has 2 aromatic carbocycles. The number of fused-ring (bicyclic) bond motifs is 4. The molecule has 2 saturated heterocycles. The van der Waals surface area contributed by atoms with Crippen molar-refractivity contribution in [2.75, 3.05) is 13.1 Å². The van der Waals surface area contributed by atoms with Gasteiger partial charge in [0.15, 0.2) is 0 Å². The van der Waals surface area contributed by atoms with Crippen LogP contribution in [0, 0.1) is 5.92 Å². The van der Waals surface area contributed by atoms with Crippen molar-refractivity contribution in [2.45, 2.75) is 50.7 Å². The van der Waals surface area contributed by atoms with E-state index in [0.717, 1.165) is 42.5 Å². The minimum Gasteiger partial charge on any atom is -0.508 e. The number of carbonyl (C=O) groups is 2. The number of aromatic hydroxyl groups is 1. The molecule has 0 unspecified atom stereocenters. The molecule has 0 bridgehead atoms. The molecular weight excluding hydrogens is 390 g/mol. The van der Waals surface area contributed by atoms with Crippen LogP contribution in [0.15, 0.2) is 42.5 Å². The summed E-state index contributed by atoms with van der Waals surface area (Å²) in [6.07, 6.45) is 3.43. The van der Waals surface area contributed by atoms with E-state index in [1.54, 1.807) is 12.1 Å². The minimum atomic E-state index is -0.212. The van der Waals surface area contributed by atoms with Crippen molar-refractivity contribution in [3.05, 3.63) is 64.7 Å². The molecular formula is C25H29N3O3. The van der Waals surface area contributed by atoms with Gasteiger partial charge in [-0.05, 0) is 68.0 Å². The Kier molecular flexibility index (Phi) is 5.18. The van der Waals surface area contributed by atoms with E-state index in [9.17, 15) is 14.7 Å². The predicted octanol–water partition coefficient (Wildman–Crippen LogP) is 3.08. The highest BCUT2D eigenvalue weighted by atomic mass is 16.3. The lowest BCUT2D eigenvalue weighted by Gasteiger charge is -2.48. The Balaban J connectivity index is 1.49.